The van der Waals surface area contributed by atoms with Crippen LogP contribution in [0.15, 0.2) is 16.2 Å². The summed E-state index contributed by atoms with van der Waals surface area (Å²) in [6.07, 6.45) is 0. The number of hydrogen-bond donors (Lipinski definition) is 0. The molecule has 0 fully saturated rings. The minimum absolute atomic E-state index is 0.156. The number of pyridine rings is 1. The lowest BCUT2D eigenvalue weighted by Gasteiger charge is -2.18. The van der Waals surface area contributed by atoms with Gasteiger partial charge in [0, 0.05) is 10.9 Å². The van der Waals surface area contributed by atoms with Crippen LogP contribution < -0.4 is 10.2 Å². The minimum atomic E-state index is -1.06. The quantitative estimate of drug-likeness (QED) is 0.633. The summed E-state index contributed by atoms with van der Waals surface area (Å²) < 4.78 is 34.4. The summed E-state index contributed by atoms with van der Waals surface area (Å²) >= 11 is 1.40. The highest BCUT2D eigenvalue weighted by atomic mass is 32.1. The summed E-state index contributed by atoms with van der Waals surface area (Å²) in [4.78, 5) is 13.0. The van der Waals surface area contributed by atoms with Crippen LogP contribution >= 0.6 is 11.3 Å². The molecule has 3 aromatic rings. The zero-order chi connectivity index (χ0) is 13.3. The fourth-order valence-electron chi connectivity index (χ4n) is 2.52. The van der Waals surface area contributed by atoms with Crippen molar-refractivity contribution in [3.63, 3.8) is 0 Å². The zero-order valence-corrected chi connectivity index (χ0v) is 10.6. The van der Waals surface area contributed by atoms with Crippen LogP contribution in [0.25, 0.3) is 15.7 Å². The second kappa shape index (κ2) is 3.33. The van der Waals surface area contributed by atoms with Gasteiger partial charge in [0.05, 0.1) is 11.1 Å². The normalized spacial score (nSPS) is 13.4. The fourth-order valence-corrected chi connectivity index (χ4v) is 3.53. The Balaban J connectivity index is 2.46. The standard InChI is InChI=1S/C13H7F2NO2S/c1-5-11(17)7-2-8(14)9(15)12-10(7)16-6(3-18-12)4-19-13(5)16/h2,4H,3H2,1H3. The van der Waals surface area contributed by atoms with Gasteiger partial charge in [0.1, 0.15) is 17.0 Å². The highest BCUT2D eigenvalue weighted by molar-refractivity contribution is 7.15. The van der Waals surface area contributed by atoms with Gasteiger partial charge in [-0.1, -0.05) is 0 Å². The number of rotatable bonds is 0. The van der Waals surface area contributed by atoms with Crippen molar-refractivity contribution in [1.82, 2.24) is 4.40 Å². The summed E-state index contributed by atoms with van der Waals surface area (Å²) in [5, 5.41) is 2.02. The van der Waals surface area contributed by atoms with Gasteiger partial charge in [-0.05, 0) is 13.0 Å². The van der Waals surface area contributed by atoms with Gasteiger partial charge in [-0.2, -0.15) is 4.39 Å². The van der Waals surface area contributed by atoms with Gasteiger partial charge in [-0.25, -0.2) is 4.39 Å². The van der Waals surface area contributed by atoms with Crippen LogP contribution in [0, 0.1) is 18.6 Å². The van der Waals surface area contributed by atoms with Crippen molar-refractivity contribution in [2.75, 3.05) is 0 Å². The Labute approximate surface area is 109 Å². The lowest BCUT2D eigenvalue weighted by molar-refractivity contribution is 0.275. The topological polar surface area (TPSA) is 30.7 Å². The Morgan fingerprint density at radius 3 is 3.00 bits per heavy atom. The molecule has 1 aliphatic heterocycles. The van der Waals surface area contributed by atoms with E-state index in [1.807, 2.05) is 5.38 Å². The van der Waals surface area contributed by atoms with Crippen LogP contribution in [-0.2, 0) is 6.61 Å². The summed E-state index contributed by atoms with van der Waals surface area (Å²) in [5.41, 5.74) is 1.43. The number of benzene rings is 1. The highest BCUT2D eigenvalue weighted by Gasteiger charge is 2.25. The van der Waals surface area contributed by atoms with Crippen LogP contribution in [-0.4, -0.2) is 4.40 Å². The Morgan fingerprint density at radius 1 is 1.42 bits per heavy atom. The van der Waals surface area contributed by atoms with Gasteiger partial charge < -0.3 is 4.74 Å². The monoisotopic (exact) mass is 279 g/mol. The van der Waals surface area contributed by atoms with E-state index in [0.717, 1.165) is 16.6 Å². The molecular weight excluding hydrogens is 272 g/mol. The molecule has 1 aliphatic rings. The Kier molecular flexibility index (Phi) is 1.91. The average Bonchev–Trinajstić information content (AvgIpc) is 2.83. The first-order chi connectivity index (χ1) is 9.09. The Morgan fingerprint density at radius 2 is 2.21 bits per heavy atom. The maximum atomic E-state index is 13.8. The molecule has 2 aromatic heterocycles. The van der Waals surface area contributed by atoms with Crippen molar-refractivity contribution in [3.05, 3.63) is 44.6 Å². The van der Waals surface area contributed by atoms with E-state index >= 15 is 0 Å². The molecular formula is C13H7F2NO2S. The molecule has 96 valence electrons. The molecule has 0 amide bonds. The maximum Gasteiger partial charge on any atom is 0.202 e. The minimum Gasteiger partial charge on any atom is -0.482 e. The van der Waals surface area contributed by atoms with Crippen molar-refractivity contribution >= 4 is 27.1 Å². The largest absolute Gasteiger partial charge is 0.482 e. The molecule has 6 heteroatoms. The smallest absolute Gasteiger partial charge is 0.202 e. The summed E-state index contributed by atoms with van der Waals surface area (Å²) in [6, 6.07) is 0.950. The SMILES string of the molecule is Cc1c(=O)c2cc(F)c(F)c3c2n2c(csc12)CO3. The third kappa shape index (κ3) is 1.17. The molecule has 0 saturated heterocycles. The number of ether oxygens (including phenoxy) is 1. The number of halogens is 2. The lowest BCUT2D eigenvalue weighted by Crippen LogP contribution is -2.16. The Hall–Kier alpha value is -1.95. The van der Waals surface area contributed by atoms with Gasteiger partial charge in [0.25, 0.3) is 0 Å². The van der Waals surface area contributed by atoms with Crippen molar-refractivity contribution in [1.29, 1.82) is 0 Å². The van der Waals surface area contributed by atoms with E-state index in [2.05, 4.69) is 0 Å². The molecule has 0 saturated carbocycles. The molecule has 19 heavy (non-hydrogen) atoms. The predicted octanol–water partition coefficient (Wildman–Crippen LogP) is 2.99. The number of nitrogens with zero attached hydrogens (tertiary/aromatic N) is 1. The van der Waals surface area contributed by atoms with Crippen LogP contribution in [0.5, 0.6) is 5.75 Å². The molecule has 1 aromatic carbocycles. The van der Waals surface area contributed by atoms with Gasteiger partial charge in [-0.15, -0.1) is 11.3 Å². The van der Waals surface area contributed by atoms with Gasteiger partial charge in [-0.3, -0.25) is 9.20 Å². The molecule has 0 radical (unpaired) electrons. The zero-order valence-electron chi connectivity index (χ0n) is 9.79. The lowest BCUT2D eigenvalue weighted by atomic mass is 10.1. The first-order valence-electron chi connectivity index (χ1n) is 5.66. The van der Waals surface area contributed by atoms with Crippen LogP contribution in [0.3, 0.4) is 0 Å². The number of aromatic nitrogens is 1. The van der Waals surface area contributed by atoms with Crippen LogP contribution in [0.4, 0.5) is 8.78 Å². The third-order valence-electron chi connectivity index (χ3n) is 3.44. The van der Waals surface area contributed by atoms with E-state index in [1.165, 1.54) is 11.3 Å². The maximum absolute atomic E-state index is 13.8. The highest BCUT2D eigenvalue weighted by Crippen LogP contribution is 2.36. The molecule has 3 heterocycles. The van der Waals surface area contributed by atoms with E-state index in [-0.39, 0.29) is 23.2 Å². The molecule has 3 nitrogen and oxygen atoms in total. The molecule has 0 atom stereocenters. The molecule has 0 bridgehead atoms. The third-order valence-corrected chi connectivity index (χ3v) is 4.54. The van der Waals surface area contributed by atoms with Gasteiger partial charge >= 0.3 is 0 Å². The van der Waals surface area contributed by atoms with Crippen molar-refractivity contribution < 1.29 is 13.5 Å². The molecule has 4 rings (SSSR count). The summed E-state index contributed by atoms with van der Waals surface area (Å²) in [6.45, 7) is 1.87. The number of aryl methyl sites for hydroxylation is 1. The summed E-state index contributed by atoms with van der Waals surface area (Å²) in [7, 11) is 0. The van der Waals surface area contributed by atoms with Crippen molar-refractivity contribution in [2.45, 2.75) is 13.5 Å². The first kappa shape index (κ1) is 10.9. The fraction of sp³-hybridized carbons (Fsp3) is 0.154. The van der Waals surface area contributed by atoms with E-state index in [0.29, 0.717) is 11.1 Å². The molecule has 0 N–H and O–H groups in total. The van der Waals surface area contributed by atoms with Crippen molar-refractivity contribution in [2.24, 2.45) is 0 Å². The number of thiazole rings is 1. The Bertz CT molecular complexity index is 926. The van der Waals surface area contributed by atoms with E-state index in [9.17, 15) is 13.6 Å². The molecule has 0 spiro atoms. The van der Waals surface area contributed by atoms with Gasteiger partial charge in [0.2, 0.25) is 5.82 Å². The van der Waals surface area contributed by atoms with Crippen molar-refractivity contribution in [3.8, 4) is 5.75 Å². The van der Waals surface area contributed by atoms with E-state index < -0.39 is 11.6 Å². The first-order valence-corrected chi connectivity index (χ1v) is 6.53. The molecule has 0 aliphatic carbocycles. The number of hydrogen-bond acceptors (Lipinski definition) is 3. The van der Waals surface area contributed by atoms with Gasteiger partial charge in [0.15, 0.2) is 17.0 Å². The second-order valence-electron chi connectivity index (χ2n) is 4.51. The van der Waals surface area contributed by atoms with E-state index in [1.54, 1.807) is 11.3 Å². The van der Waals surface area contributed by atoms with Crippen LogP contribution in [0.1, 0.15) is 11.3 Å². The summed E-state index contributed by atoms with van der Waals surface area (Å²) in [5.74, 6) is -2.27. The molecule has 0 unspecified atom stereocenters. The van der Waals surface area contributed by atoms with E-state index in [4.69, 9.17) is 4.74 Å². The average molecular weight is 279 g/mol. The second-order valence-corrected chi connectivity index (χ2v) is 5.37. The predicted molar refractivity (Wildman–Crippen MR) is 68.0 cm³/mol. The van der Waals surface area contributed by atoms with Crippen LogP contribution in [0.2, 0.25) is 0 Å².